The number of hydrogen-bond donors (Lipinski definition) is 2. The smallest absolute Gasteiger partial charge is 0.246 e. The number of aromatic nitrogens is 2. The predicted octanol–water partition coefficient (Wildman–Crippen LogP) is 4.91. The summed E-state index contributed by atoms with van der Waals surface area (Å²) in [6.07, 6.45) is 5.43. The standard InChI is InChI=1S/C26H26N4O2/c1-19(20-11-13-23(14-12-20)30-16-15-27-18-30)28-25(21-7-4-3-5-8-21)26(31)29-22-9-6-10-24(17-22)32-2/h3-19,25,28H,1-2H3,(H,29,31)/t19-,25-/m0/s1. The molecule has 0 aliphatic heterocycles. The maximum absolute atomic E-state index is 13.3. The van der Waals surface area contributed by atoms with Crippen molar-refractivity contribution in [1.82, 2.24) is 14.9 Å². The number of hydrogen-bond acceptors (Lipinski definition) is 4. The topological polar surface area (TPSA) is 68.2 Å². The molecule has 162 valence electrons. The summed E-state index contributed by atoms with van der Waals surface area (Å²) >= 11 is 0. The molecule has 0 fully saturated rings. The van der Waals surface area contributed by atoms with E-state index in [-0.39, 0.29) is 11.9 Å². The molecule has 2 atom stereocenters. The fourth-order valence-corrected chi connectivity index (χ4v) is 3.58. The molecule has 1 aromatic heterocycles. The van der Waals surface area contributed by atoms with E-state index in [2.05, 4.69) is 34.7 Å². The molecule has 4 aromatic rings. The molecule has 3 aromatic carbocycles. The van der Waals surface area contributed by atoms with Gasteiger partial charge in [-0.2, -0.15) is 0 Å². The van der Waals surface area contributed by atoms with Crippen LogP contribution in [0, 0.1) is 0 Å². The van der Waals surface area contributed by atoms with Gasteiger partial charge in [-0.25, -0.2) is 4.98 Å². The second-order valence-electron chi connectivity index (χ2n) is 7.51. The molecular weight excluding hydrogens is 400 g/mol. The highest BCUT2D eigenvalue weighted by atomic mass is 16.5. The van der Waals surface area contributed by atoms with Crippen LogP contribution in [0.5, 0.6) is 5.75 Å². The molecule has 4 rings (SSSR count). The van der Waals surface area contributed by atoms with Gasteiger partial charge >= 0.3 is 0 Å². The third-order valence-electron chi connectivity index (χ3n) is 5.34. The van der Waals surface area contributed by atoms with Crippen LogP contribution in [0.15, 0.2) is 97.6 Å². The van der Waals surface area contributed by atoms with E-state index in [0.29, 0.717) is 11.4 Å². The lowest BCUT2D eigenvalue weighted by molar-refractivity contribution is -0.118. The van der Waals surface area contributed by atoms with Crippen molar-refractivity contribution in [3.05, 3.63) is 109 Å². The van der Waals surface area contributed by atoms with Gasteiger partial charge in [0.2, 0.25) is 5.91 Å². The quantitative estimate of drug-likeness (QED) is 0.420. The van der Waals surface area contributed by atoms with Gasteiger partial charge in [-0.1, -0.05) is 48.5 Å². The summed E-state index contributed by atoms with van der Waals surface area (Å²) in [5.41, 5.74) is 3.71. The van der Waals surface area contributed by atoms with Gasteiger partial charge in [-0.05, 0) is 42.3 Å². The summed E-state index contributed by atoms with van der Waals surface area (Å²) < 4.78 is 7.22. The van der Waals surface area contributed by atoms with Crippen LogP contribution in [0.3, 0.4) is 0 Å². The van der Waals surface area contributed by atoms with E-state index in [4.69, 9.17) is 4.74 Å². The van der Waals surface area contributed by atoms with Crippen LogP contribution in [0.2, 0.25) is 0 Å². The molecule has 0 saturated heterocycles. The molecule has 0 radical (unpaired) electrons. The van der Waals surface area contributed by atoms with E-state index in [1.54, 1.807) is 25.7 Å². The monoisotopic (exact) mass is 426 g/mol. The van der Waals surface area contributed by atoms with Crippen molar-refractivity contribution >= 4 is 11.6 Å². The van der Waals surface area contributed by atoms with Crippen molar-refractivity contribution in [2.24, 2.45) is 0 Å². The van der Waals surface area contributed by atoms with Crippen molar-refractivity contribution in [2.75, 3.05) is 12.4 Å². The number of anilines is 1. The Bertz CT molecular complexity index is 1140. The Morgan fingerprint density at radius 3 is 2.44 bits per heavy atom. The van der Waals surface area contributed by atoms with Gasteiger partial charge in [0.25, 0.3) is 0 Å². The van der Waals surface area contributed by atoms with Gasteiger partial charge in [0.05, 0.1) is 13.4 Å². The number of benzene rings is 3. The van der Waals surface area contributed by atoms with Crippen molar-refractivity contribution in [3.8, 4) is 11.4 Å². The van der Waals surface area contributed by atoms with Crippen LogP contribution in [-0.2, 0) is 4.79 Å². The second kappa shape index (κ2) is 9.94. The minimum Gasteiger partial charge on any atom is -0.497 e. The van der Waals surface area contributed by atoms with Gasteiger partial charge in [-0.15, -0.1) is 0 Å². The number of carbonyl (C=O) groups excluding carboxylic acids is 1. The first-order chi connectivity index (χ1) is 15.6. The summed E-state index contributed by atoms with van der Waals surface area (Å²) in [7, 11) is 1.61. The zero-order chi connectivity index (χ0) is 22.3. The van der Waals surface area contributed by atoms with Gasteiger partial charge in [-0.3, -0.25) is 10.1 Å². The molecule has 6 nitrogen and oxygen atoms in total. The molecule has 0 aliphatic rings. The lowest BCUT2D eigenvalue weighted by atomic mass is 10.0. The van der Waals surface area contributed by atoms with Crippen LogP contribution in [0.4, 0.5) is 5.69 Å². The molecule has 2 N–H and O–H groups in total. The summed E-state index contributed by atoms with van der Waals surface area (Å²) in [6, 6.07) is 24.7. The number of methoxy groups -OCH3 is 1. The first-order valence-electron chi connectivity index (χ1n) is 10.5. The van der Waals surface area contributed by atoms with E-state index >= 15 is 0 Å². The number of imidazole rings is 1. The molecule has 6 heteroatoms. The lowest BCUT2D eigenvalue weighted by Crippen LogP contribution is -2.34. The first-order valence-corrected chi connectivity index (χ1v) is 10.5. The van der Waals surface area contributed by atoms with E-state index in [1.807, 2.05) is 71.4 Å². The Labute approximate surface area is 187 Å². The number of amides is 1. The van der Waals surface area contributed by atoms with E-state index in [9.17, 15) is 4.79 Å². The summed E-state index contributed by atoms with van der Waals surface area (Å²) in [6.45, 7) is 2.06. The van der Waals surface area contributed by atoms with E-state index < -0.39 is 6.04 Å². The third-order valence-corrected chi connectivity index (χ3v) is 5.34. The Hall–Kier alpha value is -3.90. The molecule has 1 amide bonds. The predicted molar refractivity (Wildman–Crippen MR) is 126 cm³/mol. The highest BCUT2D eigenvalue weighted by molar-refractivity contribution is 5.95. The summed E-state index contributed by atoms with van der Waals surface area (Å²) in [5.74, 6) is 0.560. The van der Waals surface area contributed by atoms with Crippen molar-refractivity contribution < 1.29 is 9.53 Å². The Balaban J connectivity index is 1.53. The molecule has 32 heavy (non-hydrogen) atoms. The second-order valence-corrected chi connectivity index (χ2v) is 7.51. The number of carbonyl (C=O) groups is 1. The first kappa shape index (κ1) is 21.3. The Morgan fingerprint density at radius 2 is 1.75 bits per heavy atom. The van der Waals surface area contributed by atoms with Crippen molar-refractivity contribution in [1.29, 1.82) is 0 Å². The Morgan fingerprint density at radius 1 is 0.969 bits per heavy atom. The minimum atomic E-state index is -0.522. The molecule has 0 bridgehead atoms. The zero-order valence-electron chi connectivity index (χ0n) is 18.1. The number of rotatable bonds is 8. The normalized spacial score (nSPS) is 12.7. The van der Waals surface area contributed by atoms with Gasteiger partial charge in [0, 0.05) is 35.9 Å². The van der Waals surface area contributed by atoms with Crippen LogP contribution >= 0.6 is 0 Å². The molecule has 0 spiro atoms. The summed E-state index contributed by atoms with van der Waals surface area (Å²) in [5, 5.41) is 6.50. The van der Waals surface area contributed by atoms with Gasteiger partial charge in [0.1, 0.15) is 11.8 Å². The third kappa shape index (κ3) is 5.04. The SMILES string of the molecule is COc1cccc(NC(=O)[C@@H](N[C@@H](C)c2ccc(-n3ccnc3)cc2)c2ccccc2)c1. The lowest BCUT2D eigenvalue weighted by Gasteiger charge is -2.24. The average Bonchev–Trinajstić information content (AvgIpc) is 3.38. The largest absolute Gasteiger partial charge is 0.497 e. The molecule has 0 aliphatic carbocycles. The van der Waals surface area contributed by atoms with Gasteiger partial charge < -0.3 is 14.6 Å². The van der Waals surface area contributed by atoms with E-state index in [0.717, 1.165) is 16.8 Å². The fourth-order valence-electron chi connectivity index (χ4n) is 3.58. The number of ether oxygens (including phenoxy) is 1. The highest BCUT2D eigenvalue weighted by Gasteiger charge is 2.23. The molecule has 0 saturated carbocycles. The van der Waals surface area contributed by atoms with Crippen LogP contribution in [0.1, 0.15) is 30.1 Å². The number of nitrogens with zero attached hydrogens (tertiary/aromatic N) is 2. The van der Waals surface area contributed by atoms with Crippen molar-refractivity contribution in [3.63, 3.8) is 0 Å². The molecular formula is C26H26N4O2. The molecule has 0 unspecified atom stereocenters. The molecule has 1 heterocycles. The van der Waals surface area contributed by atoms with Crippen LogP contribution in [-0.4, -0.2) is 22.6 Å². The fraction of sp³-hybridized carbons (Fsp3) is 0.154. The number of nitrogens with one attached hydrogen (secondary N) is 2. The minimum absolute atomic E-state index is 0.0481. The summed E-state index contributed by atoms with van der Waals surface area (Å²) in [4.78, 5) is 17.4. The van der Waals surface area contributed by atoms with Crippen molar-refractivity contribution in [2.45, 2.75) is 19.0 Å². The van der Waals surface area contributed by atoms with Gasteiger partial charge in [0.15, 0.2) is 0 Å². The van der Waals surface area contributed by atoms with Crippen LogP contribution < -0.4 is 15.4 Å². The Kier molecular flexibility index (Phi) is 6.63. The zero-order valence-corrected chi connectivity index (χ0v) is 18.1. The maximum Gasteiger partial charge on any atom is 0.246 e. The highest BCUT2D eigenvalue weighted by Crippen LogP contribution is 2.24. The van der Waals surface area contributed by atoms with E-state index in [1.165, 1.54) is 0 Å². The average molecular weight is 427 g/mol. The van der Waals surface area contributed by atoms with Crippen LogP contribution in [0.25, 0.3) is 5.69 Å². The maximum atomic E-state index is 13.3.